The Morgan fingerprint density at radius 1 is 1.20 bits per heavy atom. The molecule has 1 saturated heterocycles. The highest BCUT2D eigenvalue weighted by Crippen LogP contribution is 2.17. The highest BCUT2D eigenvalue weighted by Gasteiger charge is 2.18. The van der Waals surface area contributed by atoms with Crippen molar-refractivity contribution < 1.29 is 4.79 Å². The van der Waals surface area contributed by atoms with Gasteiger partial charge in [-0.2, -0.15) is 0 Å². The van der Waals surface area contributed by atoms with E-state index in [1.54, 1.807) is 12.4 Å². The van der Waals surface area contributed by atoms with Gasteiger partial charge in [0.2, 0.25) is 0 Å². The van der Waals surface area contributed by atoms with Crippen LogP contribution < -0.4 is 5.32 Å². The summed E-state index contributed by atoms with van der Waals surface area (Å²) in [6, 6.07) is 4.11. The van der Waals surface area contributed by atoms with E-state index in [2.05, 4.69) is 17.2 Å². The molecule has 4 nitrogen and oxygen atoms in total. The second-order valence-corrected chi connectivity index (χ2v) is 5.45. The van der Waals surface area contributed by atoms with Crippen molar-refractivity contribution in [1.82, 2.24) is 15.2 Å². The fraction of sp³-hybridized carbons (Fsp3) is 0.625. The number of aromatic nitrogens is 1. The number of rotatable bonds is 3. The minimum atomic E-state index is 0.0792. The molecule has 20 heavy (non-hydrogen) atoms. The third-order valence-corrected chi connectivity index (χ3v) is 3.96. The number of amides is 2. The van der Waals surface area contributed by atoms with Crippen molar-refractivity contribution in [2.24, 2.45) is 0 Å². The first-order chi connectivity index (χ1) is 9.81. The van der Waals surface area contributed by atoms with Crippen molar-refractivity contribution in [3.05, 3.63) is 30.1 Å². The van der Waals surface area contributed by atoms with E-state index in [0.29, 0.717) is 0 Å². The van der Waals surface area contributed by atoms with Crippen molar-refractivity contribution in [2.75, 3.05) is 13.1 Å². The third-order valence-electron chi connectivity index (χ3n) is 3.96. The fourth-order valence-corrected chi connectivity index (χ4v) is 2.71. The van der Waals surface area contributed by atoms with Gasteiger partial charge in [-0.05, 0) is 37.0 Å². The minimum absolute atomic E-state index is 0.0792. The average Bonchev–Trinajstić information content (AvgIpc) is 2.45. The van der Waals surface area contributed by atoms with Crippen LogP contribution in [-0.4, -0.2) is 29.0 Å². The Balaban J connectivity index is 1.94. The van der Waals surface area contributed by atoms with E-state index in [0.717, 1.165) is 37.9 Å². The first-order valence-corrected chi connectivity index (χ1v) is 7.76. The number of pyridine rings is 1. The van der Waals surface area contributed by atoms with Gasteiger partial charge in [0.15, 0.2) is 0 Å². The molecular formula is C16H25N3O. The molecule has 1 aliphatic heterocycles. The number of urea groups is 1. The lowest BCUT2D eigenvalue weighted by Gasteiger charge is -2.27. The summed E-state index contributed by atoms with van der Waals surface area (Å²) in [5.74, 6) is 0. The molecule has 1 aliphatic rings. The molecule has 4 heteroatoms. The molecule has 1 N–H and O–H groups in total. The maximum atomic E-state index is 12.4. The topological polar surface area (TPSA) is 45.2 Å². The Bertz CT molecular complexity index is 399. The third kappa shape index (κ3) is 4.22. The number of hydrogen-bond acceptors (Lipinski definition) is 2. The Hall–Kier alpha value is -1.58. The smallest absolute Gasteiger partial charge is 0.317 e. The van der Waals surface area contributed by atoms with E-state index < -0.39 is 0 Å². The normalized spacial score (nSPS) is 17.9. The molecule has 2 amide bonds. The highest BCUT2D eigenvalue weighted by atomic mass is 16.2. The number of nitrogens with one attached hydrogen (secondary N) is 1. The number of likely N-dealkylation sites (tertiary alicyclic amines) is 1. The SMILES string of the molecule is CC[C@@H](NC(=O)N1CCCCCCC1)c1ccncc1. The number of carbonyl (C=O) groups excluding carboxylic acids is 1. The second-order valence-electron chi connectivity index (χ2n) is 5.45. The molecule has 0 unspecified atom stereocenters. The van der Waals surface area contributed by atoms with Crippen molar-refractivity contribution in [3.63, 3.8) is 0 Å². The molecule has 0 spiro atoms. The van der Waals surface area contributed by atoms with Gasteiger partial charge in [0.1, 0.15) is 0 Å². The van der Waals surface area contributed by atoms with E-state index >= 15 is 0 Å². The zero-order valence-electron chi connectivity index (χ0n) is 12.3. The molecule has 0 aliphatic carbocycles. The first kappa shape index (κ1) is 14.8. The van der Waals surface area contributed by atoms with Crippen molar-refractivity contribution in [1.29, 1.82) is 0 Å². The van der Waals surface area contributed by atoms with Gasteiger partial charge in [0.05, 0.1) is 6.04 Å². The summed E-state index contributed by atoms with van der Waals surface area (Å²) >= 11 is 0. The molecular weight excluding hydrogens is 250 g/mol. The van der Waals surface area contributed by atoms with E-state index in [4.69, 9.17) is 0 Å². The van der Waals surface area contributed by atoms with Gasteiger partial charge in [-0.1, -0.05) is 26.2 Å². The van der Waals surface area contributed by atoms with Gasteiger partial charge < -0.3 is 10.2 Å². The van der Waals surface area contributed by atoms with Crippen molar-refractivity contribution in [2.45, 2.75) is 51.5 Å². The zero-order valence-corrected chi connectivity index (χ0v) is 12.3. The summed E-state index contributed by atoms with van der Waals surface area (Å²) in [5.41, 5.74) is 1.13. The molecule has 0 aromatic carbocycles. The molecule has 2 rings (SSSR count). The Labute approximate surface area is 121 Å². The predicted molar refractivity (Wildman–Crippen MR) is 80.5 cm³/mol. The largest absolute Gasteiger partial charge is 0.331 e. The maximum absolute atomic E-state index is 12.4. The summed E-state index contributed by atoms with van der Waals surface area (Å²) in [7, 11) is 0. The number of nitrogens with zero attached hydrogens (tertiary/aromatic N) is 2. The van der Waals surface area contributed by atoms with Crippen LogP contribution in [0, 0.1) is 0 Å². The molecule has 2 heterocycles. The van der Waals surface area contributed by atoms with Crippen LogP contribution in [0.3, 0.4) is 0 Å². The van der Waals surface area contributed by atoms with Crippen LogP contribution >= 0.6 is 0 Å². The standard InChI is InChI=1S/C16H25N3O/c1-2-15(14-8-10-17-11-9-14)18-16(20)19-12-6-4-3-5-7-13-19/h8-11,15H,2-7,12-13H2,1H3,(H,18,20)/t15-/m1/s1. The van der Waals surface area contributed by atoms with Crippen LogP contribution in [0.4, 0.5) is 4.79 Å². The molecule has 0 bridgehead atoms. The van der Waals surface area contributed by atoms with Crippen LogP contribution in [0.5, 0.6) is 0 Å². The van der Waals surface area contributed by atoms with Crippen LogP contribution in [0.1, 0.15) is 57.1 Å². The summed E-state index contributed by atoms with van der Waals surface area (Å²) in [6.45, 7) is 3.87. The van der Waals surface area contributed by atoms with Gasteiger partial charge in [0.25, 0.3) is 0 Å². The summed E-state index contributed by atoms with van der Waals surface area (Å²) in [6.07, 6.45) is 10.5. The number of hydrogen-bond donors (Lipinski definition) is 1. The van der Waals surface area contributed by atoms with E-state index in [1.807, 2.05) is 17.0 Å². The van der Waals surface area contributed by atoms with E-state index in [1.165, 1.54) is 19.3 Å². The summed E-state index contributed by atoms with van der Waals surface area (Å²) in [4.78, 5) is 18.4. The molecule has 0 saturated carbocycles. The molecule has 1 atom stereocenters. The van der Waals surface area contributed by atoms with E-state index in [9.17, 15) is 4.79 Å². The number of carbonyl (C=O) groups is 1. The van der Waals surface area contributed by atoms with Gasteiger partial charge in [-0.3, -0.25) is 4.98 Å². The lowest BCUT2D eigenvalue weighted by molar-refractivity contribution is 0.188. The molecule has 1 fully saturated rings. The molecule has 110 valence electrons. The van der Waals surface area contributed by atoms with Crippen LogP contribution in [-0.2, 0) is 0 Å². The Morgan fingerprint density at radius 2 is 1.80 bits per heavy atom. The second kappa shape index (κ2) is 7.88. The van der Waals surface area contributed by atoms with E-state index in [-0.39, 0.29) is 12.1 Å². The quantitative estimate of drug-likeness (QED) is 0.917. The monoisotopic (exact) mass is 275 g/mol. The lowest BCUT2D eigenvalue weighted by atomic mass is 10.1. The van der Waals surface area contributed by atoms with Crippen molar-refractivity contribution in [3.8, 4) is 0 Å². The van der Waals surface area contributed by atoms with Crippen molar-refractivity contribution >= 4 is 6.03 Å². The Morgan fingerprint density at radius 3 is 2.40 bits per heavy atom. The van der Waals surface area contributed by atoms with Gasteiger partial charge >= 0.3 is 6.03 Å². The lowest BCUT2D eigenvalue weighted by Crippen LogP contribution is -2.43. The fourth-order valence-electron chi connectivity index (χ4n) is 2.71. The molecule has 1 aromatic rings. The first-order valence-electron chi connectivity index (χ1n) is 7.76. The summed E-state index contributed by atoms with van der Waals surface area (Å²) in [5, 5.41) is 3.16. The maximum Gasteiger partial charge on any atom is 0.317 e. The van der Waals surface area contributed by atoms with Crippen LogP contribution in [0.2, 0.25) is 0 Å². The molecule has 0 radical (unpaired) electrons. The van der Waals surface area contributed by atoms with Gasteiger partial charge in [-0.25, -0.2) is 4.79 Å². The Kier molecular flexibility index (Phi) is 5.84. The van der Waals surface area contributed by atoms with Gasteiger partial charge in [0, 0.05) is 25.5 Å². The highest BCUT2D eigenvalue weighted by molar-refractivity contribution is 5.74. The zero-order chi connectivity index (χ0) is 14.2. The minimum Gasteiger partial charge on any atom is -0.331 e. The average molecular weight is 275 g/mol. The predicted octanol–water partition coefficient (Wildman–Crippen LogP) is 3.51. The van der Waals surface area contributed by atoms with Crippen LogP contribution in [0.15, 0.2) is 24.5 Å². The van der Waals surface area contributed by atoms with Gasteiger partial charge in [-0.15, -0.1) is 0 Å². The molecule has 1 aromatic heterocycles. The van der Waals surface area contributed by atoms with Crippen LogP contribution in [0.25, 0.3) is 0 Å². The summed E-state index contributed by atoms with van der Waals surface area (Å²) < 4.78 is 0.